The zero-order valence-corrected chi connectivity index (χ0v) is 10.2. The molecule has 0 spiro atoms. The molecule has 1 aromatic carbocycles. The molecule has 1 N–H and O–H groups in total. The zero-order chi connectivity index (χ0) is 11.2. The van der Waals surface area contributed by atoms with Gasteiger partial charge in [0.2, 0.25) is 0 Å². The molecule has 0 unspecified atom stereocenters. The number of nitrogens with zero attached hydrogens (tertiary/aromatic N) is 1. The molecule has 2 aliphatic heterocycles. The van der Waals surface area contributed by atoms with Crippen LogP contribution in [0.25, 0.3) is 0 Å². The fraction of sp³-hybridized carbons (Fsp3) is 0.600. The Labute approximate surface area is 103 Å². The lowest BCUT2D eigenvalue weighted by Gasteiger charge is -2.28. The molecule has 2 atom stereocenters. The van der Waals surface area contributed by atoms with E-state index in [0.717, 1.165) is 18.4 Å². The third-order valence-electron chi connectivity index (χ3n) is 4.62. The lowest BCUT2D eigenvalue weighted by atomic mass is 9.87. The Morgan fingerprint density at radius 1 is 1.18 bits per heavy atom. The van der Waals surface area contributed by atoms with E-state index in [4.69, 9.17) is 0 Å². The van der Waals surface area contributed by atoms with Crippen molar-refractivity contribution in [1.29, 1.82) is 0 Å². The van der Waals surface area contributed by atoms with Crippen LogP contribution in [-0.2, 0) is 6.54 Å². The van der Waals surface area contributed by atoms with Gasteiger partial charge in [-0.2, -0.15) is 0 Å². The molecular formula is C15H20N2. The van der Waals surface area contributed by atoms with E-state index in [2.05, 4.69) is 34.5 Å². The second-order valence-corrected chi connectivity index (χ2v) is 5.95. The van der Waals surface area contributed by atoms with Crippen LogP contribution in [0.3, 0.4) is 0 Å². The van der Waals surface area contributed by atoms with Gasteiger partial charge in [0.25, 0.3) is 0 Å². The summed E-state index contributed by atoms with van der Waals surface area (Å²) in [6.45, 7) is 4.94. The first-order valence-corrected chi connectivity index (χ1v) is 6.94. The molecule has 0 radical (unpaired) electrons. The summed E-state index contributed by atoms with van der Waals surface area (Å²) in [6, 6.07) is 9.68. The van der Waals surface area contributed by atoms with E-state index in [0.29, 0.717) is 6.04 Å². The summed E-state index contributed by atoms with van der Waals surface area (Å²) in [4.78, 5) is 2.68. The van der Waals surface area contributed by atoms with Crippen molar-refractivity contribution in [3.63, 3.8) is 0 Å². The monoisotopic (exact) mass is 228 g/mol. The Kier molecular flexibility index (Phi) is 2.27. The van der Waals surface area contributed by atoms with Gasteiger partial charge in [0.15, 0.2) is 0 Å². The zero-order valence-electron chi connectivity index (χ0n) is 10.2. The van der Waals surface area contributed by atoms with Crippen molar-refractivity contribution in [2.45, 2.75) is 31.3 Å². The second kappa shape index (κ2) is 3.82. The van der Waals surface area contributed by atoms with Gasteiger partial charge in [-0.3, -0.25) is 0 Å². The van der Waals surface area contributed by atoms with Gasteiger partial charge in [0.05, 0.1) is 0 Å². The molecular weight excluding hydrogens is 208 g/mol. The van der Waals surface area contributed by atoms with E-state index < -0.39 is 0 Å². The Balaban J connectivity index is 1.57. The molecule has 17 heavy (non-hydrogen) atoms. The van der Waals surface area contributed by atoms with Crippen LogP contribution >= 0.6 is 0 Å². The normalized spacial score (nSPS) is 32.2. The van der Waals surface area contributed by atoms with Crippen LogP contribution in [0.2, 0.25) is 0 Å². The van der Waals surface area contributed by atoms with Crippen LogP contribution in [0, 0.1) is 5.92 Å². The Bertz CT molecular complexity index is 425. The molecule has 2 heteroatoms. The minimum Gasteiger partial charge on any atom is -0.308 e. The van der Waals surface area contributed by atoms with Gasteiger partial charge < -0.3 is 10.2 Å². The van der Waals surface area contributed by atoms with E-state index >= 15 is 0 Å². The number of nitrogens with one attached hydrogen (secondary N) is 1. The molecule has 1 aliphatic carbocycles. The Morgan fingerprint density at radius 3 is 2.94 bits per heavy atom. The Morgan fingerprint density at radius 2 is 2.06 bits per heavy atom. The first-order chi connectivity index (χ1) is 8.40. The maximum Gasteiger partial charge on any atom is 0.0279 e. The van der Waals surface area contributed by atoms with E-state index in [9.17, 15) is 0 Å². The topological polar surface area (TPSA) is 15.3 Å². The molecule has 2 heterocycles. The minimum absolute atomic E-state index is 0.698. The molecule has 2 nitrogen and oxygen atoms in total. The van der Waals surface area contributed by atoms with Gasteiger partial charge in [0, 0.05) is 38.1 Å². The summed E-state index contributed by atoms with van der Waals surface area (Å²) in [5.74, 6) is 1.75. The smallest absolute Gasteiger partial charge is 0.0279 e. The maximum atomic E-state index is 3.72. The summed E-state index contributed by atoms with van der Waals surface area (Å²) in [7, 11) is 0. The summed E-state index contributed by atoms with van der Waals surface area (Å²) >= 11 is 0. The molecule has 4 rings (SSSR count). The average molecular weight is 228 g/mol. The van der Waals surface area contributed by atoms with Gasteiger partial charge in [-0.05, 0) is 29.9 Å². The number of hydrogen-bond donors (Lipinski definition) is 1. The van der Waals surface area contributed by atoms with Crippen molar-refractivity contribution < 1.29 is 0 Å². The van der Waals surface area contributed by atoms with Crippen molar-refractivity contribution in [3.8, 4) is 0 Å². The van der Waals surface area contributed by atoms with Gasteiger partial charge in [-0.1, -0.05) is 24.3 Å². The van der Waals surface area contributed by atoms with Crippen molar-refractivity contribution in [2.24, 2.45) is 5.92 Å². The Hall–Kier alpha value is -0.860. The lowest BCUT2D eigenvalue weighted by Crippen LogP contribution is -2.39. The van der Waals surface area contributed by atoms with Crippen LogP contribution in [0.4, 0.5) is 0 Å². The van der Waals surface area contributed by atoms with Crippen LogP contribution in [0.15, 0.2) is 24.3 Å². The largest absolute Gasteiger partial charge is 0.308 e. The lowest BCUT2D eigenvalue weighted by molar-refractivity contribution is 0.314. The molecule has 3 aliphatic rings. The van der Waals surface area contributed by atoms with Crippen molar-refractivity contribution in [2.75, 3.05) is 19.6 Å². The molecule has 0 bridgehead atoms. The van der Waals surface area contributed by atoms with Crippen molar-refractivity contribution in [1.82, 2.24) is 10.2 Å². The summed E-state index contributed by atoms with van der Waals surface area (Å²) in [5, 5.41) is 3.72. The summed E-state index contributed by atoms with van der Waals surface area (Å²) in [5.41, 5.74) is 3.12. The third kappa shape index (κ3) is 1.80. The van der Waals surface area contributed by atoms with Crippen molar-refractivity contribution in [3.05, 3.63) is 35.4 Å². The highest BCUT2D eigenvalue weighted by Crippen LogP contribution is 2.36. The standard InChI is InChI=1S/C15H20N2/c1-2-4-13-12(3-1)7-16-15-10-17(9-14(13)15)8-11-5-6-11/h1-4,11,14-16H,5-10H2/t14-,15+/m0/s1. The molecule has 0 aromatic heterocycles. The van der Waals surface area contributed by atoms with Gasteiger partial charge >= 0.3 is 0 Å². The second-order valence-electron chi connectivity index (χ2n) is 5.95. The quantitative estimate of drug-likeness (QED) is 0.832. The van der Waals surface area contributed by atoms with Gasteiger partial charge in [-0.15, -0.1) is 0 Å². The predicted molar refractivity (Wildman–Crippen MR) is 69.0 cm³/mol. The molecule has 90 valence electrons. The minimum atomic E-state index is 0.698. The van der Waals surface area contributed by atoms with Crippen LogP contribution < -0.4 is 5.32 Å². The number of hydrogen-bond acceptors (Lipinski definition) is 2. The van der Waals surface area contributed by atoms with Gasteiger partial charge in [0.1, 0.15) is 0 Å². The number of likely N-dealkylation sites (tertiary alicyclic amines) is 1. The molecule has 2 fully saturated rings. The van der Waals surface area contributed by atoms with E-state index in [1.165, 1.54) is 38.0 Å². The van der Waals surface area contributed by atoms with Crippen molar-refractivity contribution >= 4 is 0 Å². The number of benzene rings is 1. The fourth-order valence-electron chi connectivity index (χ4n) is 3.52. The van der Waals surface area contributed by atoms with E-state index in [1.807, 2.05) is 0 Å². The molecule has 1 saturated carbocycles. The van der Waals surface area contributed by atoms with Crippen LogP contribution in [0.5, 0.6) is 0 Å². The SMILES string of the molecule is c1ccc2c(c1)CN[C@@H]1CN(CC3CC3)C[C@@H]21. The van der Waals surface area contributed by atoms with Crippen LogP contribution in [0.1, 0.15) is 29.9 Å². The van der Waals surface area contributed by atoms with Crippen LogP contribution in [-0.4, -0.2) is 30.6 Å². The first kappa shape index (κ1) is 10.1. The van der Waals surface area contributed by atoms with E-state index in [-0.39, 0.29) is 0 Å². The fourth-order valence-corrected chi connectivity index (χ4v) is 3.52. The van der Waals surface area contributed by atoms with Gasteiger partial charge in [-0.25, -0.2) is 0 Å². The van der Waals surface area contributed by atoms with E-state index in [1.54, 1.807) is 5.56 Å². The molecule has 0 amide bonds. The highest BCUT2D eigenvalue weighted by Gasteiger charge is 2.38. The summed E-state index contributed by atoms with van der Waals surface area (Å²) in [6.07, 6.45) is 2.94. The number of fused-ring (bicyclic) bond motifs is 3. The highest BCUT2D eigenvalue weighted by atomic mass is 15.2. The highest BCUT2D eigenvalue weighted by molar-refractivity contribution is 5.35. The molecule has 1 aromatic rings. The average Bonchev–Trinajstić information content (AvgIpc) is 3.06. The third-order valence-corrected chi connectivity index (χ3v) is 4.62. The number of rotatable bonds is 2. The predicted octanol–water partition coefficient (Wildman–Crippen LogP) is 1.97. The first-order valence-electron chi connectivity index (χ1n) is 6.94. The molecule has 1 saturated heterocycles. The summed E-state index contributed by atoms with van der Waals surface area (Å²) < 4.78 is 0. The maximum absolute atomic E-state index is 3.72.